The molecule has 0 saturated carbocycles. The normalized spacial score (nSPS) is 12.3. The molecule has 3 rings (SSSR count). The number of rotatable bonds is 6. The molecule has 26 heavy (non-hydrogen) atoms. The molecule has 0 spiro atoms. The summed E-state index contributed by atoms with van der Waals surface area (Å²) in [5.41, 5.74) is 1.55. The van der Waals surface area contributed by atoms with Gasteiger partial charge in [0.05, 0.1) is 17.8 Å². The lowest BCUT2D eigenvalue weighted by Gasteiger charge is -2.23. The molecule has 0 bridgehead atoms. The van der Waals surface area contributed by atoms with Crippen molar-refractivity contribution in [3.63, 3.8) is 0 Å². The van der Waals surface area contributed by atoms with Gasteiger partial charge in [0, 0.05) is 11.9 Å². The van der Waals surface area contributed by atoms with Crippen molar-refractivity contribution >= 4 is 16.8 Å². The molecule has 1 amide bonds. The quantitative estimate of drug-likeness (QED) is 0.736. The Labute approximate surface area is 152 Å². The summed E-state index contributed by atoms with van der Waals surface area (Å²) in [6.07, 6.45) is 1.25. The Balaban J connectivity index is 1.81. The maximum absolute atomic E-state index is 12.6. The van der Waals surface area contributed by atoms with Crippen molar-refractivity contribution in [2.45, 2.75) is 12.6 Å². The number of likely N-dealkylation sites (N-methyl/N-ethyl adjacent to an activating group) is 1. The van der Waals surface area contributed by atoms with Crippen molar-refractivity contribution in [3.8, 4) is 0 Å². The summed E-state index contributed by atoms with van der Waals surface area (Å²) in [7, 11) is 3.94. The fourth-order valence-electron chi connectivity index (χ4n) is 2.95. The van der Waals surface area contributed by atoms with E-state index in [1.165, 1.54) is 6.20 Å². The number of para-hydroxylation sites is 1. The largest absolute Gasteiger partial charge is 0.346 e. The molecule has 2 aromatic carbocycles. The molecule has 134 valence electrons. The van der Waals surface area contributed by atoms with Gasteiger partial charge in [-0.2, -0.15) is 5.10 Å². The van der Waals surface area contributed by atoms with E-state index in [1.54, 1.807) is 22.9 Å². The van der Waals surface area contributed by atoms with Crippen molar-refractivity contribution in [1.29, 1.82) is 0 Å². The van der Waals surface area contributed by atoms with Crippen molar-refractivity contribution in [3.05, 3.63) is 76.6 Å². The second-order valence-corrected chi connectivity index (χ2v) is 6.48. The molecule has 0 aliphatic carbocycles. The van der Waals surface area contributed by atoms with Gasteiger partial charge in [-0.1, -0.05) is 42.5 Å². The number of amides is 1. The van der Waals surface area contributed by atoms with Gasteiger partial charge in [0.15, 0.2) is 0 Å². The van der Waals surface area contributed by atoms with Crippen LogP contribution in [0, 0.1) is 0 Å². The number of hydrogen-bond acceptors (Lipinski definition) is 4. The third-order valence-corrected chi connectivity index (χ3v) is 4.14. The Kier molecular flexibility index (Phi) is 5.43. The maximum Gasteiger partial charge on any atom is 0.242 e. The van der Waals surface area contributed by atoms with Crippen LogP contribution in [-0.2, 0) is 11.3 Å². The summed E-state index contributed by atoms with van der Waals surface area (Å²) in [4.78, 5) is 26.6. The second kappa shape index (κ2) is 7.93. The van der Waals surface area contributed by atoms with E-state index in [9.17, 15) is 9.59 Å². The second-order valence-electron chi connectivity index (χ2n) is 6.48. The lowest BCUT2D eigenvalue weighted by Crippen LogP contribution is -2.37. The fraction of sp³-hybridized carbons (Fsp3) is 0.250. The molecule has 3 aromatic rings. The first-order chi connectivity index (χ1) is 12.5. The van der Waals surface area contributed by atoms with E-state index in [2.05, 4.69) is 10.4 Å². The number of carbonyl (C=O) groups is 1. The molecule has 0 fully saturated rings. The van der Waals surface area contributed by atoms with E-state index in [-0.39, 0.29) is 23.9 Å². The number of benzene rings is 2. The number of hydrogen-bond donors (Lipinski definition) is 1. The molecule has 1 heterocycles. The molecule has 0 saturated heterocycles. The summed E-state index contributed by atoms with van der Waals surface area (Å²) >= 11 is 0. The first-order valence-electron chi connectivity index (χ1n) is 8.48. The molecular weight excluding hydrogens is 328 g/mol. The van der Waals surface area contributed by atoms with Gasteiger partial charge in [-0.15, -0.1) is 0 Å². The number of nitrogens with one attached hydrogen (secondary N) is 1. The van der Waals surface area contributed by atoms with Gasteiger partial charge in [0.25, 0.3) is 0 Å². The van der Waals surface area contributed by atoms with E-state index in [1.807, 2.05) is 55.4 Å². The number of aromatic nitrogens is 2. The van der Waals surface area contributed by atoms with Crippen LogP contribution in [0.15, 0.2) is 65.6 Å². The monoisotopic (exact) mass is 350 g/mol. The van der Waals surface area contributed by atoms with E-state index in [0.717, 1.165) is 5.56 Å². The molecule has 1 aromatic heterocycles. The number of nitrogens with zero attached hydrogens (tertiary/aromatic N) is 3. The summed E-state index contributed by atoms with van der Waals surface area (Å²) < 4.78 is 1.56. The van der Waals surface area contributed by atoms with Crippen LogP contribution >= 0.6 is 0 Å². The zero-order valence-corrected chi connectivity index (χ0v) is 14.9. The number of carbonyl (C=O) groups excluding carboxylic acids is 1. The molecule has 0 radical (unpaired) electrons. The minimum Gasteiger partial charge on any atom is -0.346 e. The van der Waals surface area contributed by atoms with E-state index in [4.69, 9.17) is 0 Å². The summed E-state index contributed by atoms with van der Waals surface area (Å²) in [6, 6.07) is 16.9. The molecule has 1 atom stereocenters. The minimum absolute atomic E-state index is 0.0531. The summed E-state index contributed by atoms with van der Waals surface area (Å²) in [5, 5.41) is 7.75. The zero-order chi connectivity index (χ0) is 18.5. The standard InChI is InChI=1S/C20H22N4O2/c1-23(2)13-17(15-8-4-3-5-9-15)22-20(26)14-24-18-11-7-6-10-16(18)19(25)12-21-24/h3-12,17H,13-14H2,1-2H3,(H,22,26)/t17-/m0/s1. The Morgan fingerprint density at radius 2 is 1.81 bits per heavy atom. The molecular formula is C20H22N4O2. The minimum atomic E-state index is -0.151. The SMILES string of the molecule is CN(C)C[C@H](NC(=O)Cn1ncc(=O)c2ccccc21)c1ccccc1. The smallest absolute Gasteiger partial charge is 0.242 e. The molecule has 0 unspecified atom stereocenters. The van der Waals surface area contributed by atoms with Crippen molar-refractivity contribution in [1.82, 2.24) is 20.0 Å². The topological polar surface area (TPSA) is 67.2 Å². The van der Waals surface area contributed by atoms with Crippen molar-refractivity contribution in [2.75, 3.05) is 20.6 Å². The predicted molar refractivity (Wildman–Crippen MR) is 102 cm³/mol. The van der Waals surface area contributed by atoms with E-state index < -0.39 is 0 Å². The third kappa shape index (κ3) is 4.15. The first-order valence-corrected chi connectivity index (χ1v) is 8.48. The van der Waals surface area contributed by atoms with Crippen molar-refractivity contribution < 1.29 is 4.79 Å². The van der Waals surface area contributed by atoms with Crippen molar-refractivity contribution in [2.24, 2.45) is 0 Å². The molecule has 1 N–H and O–H groups in total. The van der Waals surface area contributed by atoms with Gasteiger partial charge in [-0.25, -0.2) is 0 Å². The average Bonchev–Trinajstić information content (AvgIpc) is 2.64. The van der Waals surface area contributed by atoms with Gasteiger partial charge >= 0.3 is 0 Å². The Morgan fingerprint density at radius 3 is 2.54 bits per heavy atom. The first kappa shape index (κ1) is 17.8. The fourth-order valence-corrected chi connectivity index (χ4v) is 2.95. The highest BCUT2D eigenvalue weighted by molar-refractivity contribution is 5.81. The Hall–Kier alpha value is -2.99. The highest BCUT2D eigenvalue weighted by Gasteiger charge is 2.16. The Bertz CT molecular complexity index is 951. The van der Waals surface area contributed by atoms with Crippen LogP contribution < -0.4 is 10.7 Å². The lowest BCUT2D eigenvalue weighted by atomic mass is 10.1. The van der Waals surface area contributed by atoms with Crippen LogP contribution in [0.5, 0.6) is 0 Å². The highest BCUT2D eigenvalue weighted by atomic mass is 16.2. The lowest BCUT2D eigenvalue weighted by molar-refractivity contribution is -0.122. The molecule has 6 nitrogen and oxygen atoms in total. The Morgan fingerprint density at radius 1 is 1.12 bits per heavy atom. The van der Waals surface area contributed by atoms with Crippen LogP contribution in [0.1, 0.15) is 11.6 Å². The van der Waals surface area contributed by atoms with Gasteiger partial charge in [-0.05, 0) is 31.8 Å². The zero-order valence-electron chi connectivity index (χ0n) is 14.9. The maximum atomic E-state index is 12.6. The molecule has 0 aliphatic heterocycles. The van der Waals surface area contributed by atoms with Crippen LogP contribution in [0.25, 0.3) is 10.9 Å². The number of fused-ring (bicyclic) bond motifs is 1. The van der Waals surface area contributed by atoms with E-state index in [0.29, 0.717) is 17.4 Å². The highest BCUT2D eigenvalue weighted by Crippen LogP contribution is 2.14. The molecule has 0 aliphatic rings. The van der Waals surface area contributed by atoms with Gasteiger partial charge in [0.1, 0.15) is 6.54 Å². The van der Waals surface area contributed by atoms with Crippen LogP contribution in [0.2, 0.25) is 0 Å². The average molecular weight is 350 g/mol. The van der Waals surface area contributed by atoms with Gasteiger partial charge in [0.2, 0.25) is 11.3 Å². The van der Waals surface area contributed by atoms with E-state index >= 15 is 0 Å². The predicted octanol–water partition coefficient (Wildman–Crippen LogP) is 1.82. The van der Waals surface area contributed by atoms with Crippen LogP contribution in [-0.4, -0.2) is 41.2 Å². The molecule has 6 heteroatoms. The van der Waals surface area contributed by atoms with Gasteiger partial charge < -0.3 is 10.2 Å². The van der Waals surface area contributed by atoms with Crippen LogP contribution in [0.3, 0.4) is 0 Å². The third-order valence-electron chi connectivity index (χ3n) is 4.14. The van der Waals surface area contributed by atoms with Gasteiger partial charge in [-0.3, -0.25) is 14.3 Å². The summed E-state index contributed by atoms with van der Waals surface area (Å²) in [6.45, 7) is 0.742. The van der Waals surface area contributed by atoms with Crippen LogP contribution in [0.4, 0.5) is 0 Å². The summed E-state index contributed by atoms with van der Waals surface area (Å²) in [5.74, 6) is -0.151.